The summed E-state index contributed by atoms with van der Waals surface area (Å²) in [5, 5.41) is 14.3. The van der Waals surface area contributed by atoms with E-state index < -0.39 is 15.8 Å². The van der Waals surface area contributed by atoms with Gasteiger partial charge in [-0.05, 0) is 23.6 Å². The Hall–Kier alpha value is -2.31. The molecule has 2 aromatic rings. The molecule has 0 saturated carbocycles. The van der Waals surface area contributed by atoms with E-state index in [1.807, 2.05) is 11.5 Å². The average molecular weight is 334 g/mol. The highest BCUT2D eigenvalue weighted by Gasteiger charge is 2.21. The number of amidine groups is 1. The molecule has 7 heteroatoms. The molecule has 1 aliphatic rings. The van der Waals surface area contributed by atoms with Crippen molar-refractivity contribution in [2.24, 2.45) is 10.7 Å². The number of rotatable bonds is 3. The Morgan fingerprint density at radius 3 is 2.59 bits per heavy atom. The fourth-order valence-electron chi connectivity index (χ4n) is 2.26. The lowest BCUT2D eigenvalue weighted by Crippen LogP contribution is -2.08. The maximum absolute atomic E-state index is 11.4. The van der Waals surface area contributed by atoms with Crippen LogP contribution in [0.5, 0.6) is 0 Å². The van der Waals surface area contributed by atoms with E-state index in [1.165, 1.54) is 0 Å². The van der Waals surface area contributed by atoms with E-state index in [-0.39, 0.29) is 5.69 Å². The first-order valence-corrected chi connectivity index (χ1v) is 8.19. The quantitative estimate of drug-likeness (QED) is 0.504. The van der Waals surface area contributed by atoms with E-state index in [0.29, 0.717) is 21.3 Å². The summed E-state index contributed by atoms with van der Waals surface area (Å²) in [5.74, 6) is 0. The Morgan fingerprint density at radius 2 is 1.95 bits per heavy atom. The van der Waals surface area contributed by atoms with Crippen molar-refractivity contribution in [1.29, 1.82) is 0 Å². The Balaban J connectivity index is 2.13. The van der Waals surface area contributed by atoms with Crippen molar-refractivity contribution < 1.29 is 4.92 Å². The molecular formula is C15H12ClN3O2S. The number of halogens is 1. The molecule has 112 valence electrons. The van der Waals surface area contributed by atoms with Crippen LogP contribution in [0.1, 0.15) is 0 Å². The number of benzene rings is 2. The summed E-state index contributed by atoms with van der Waals surface area (Å²) in [6, 6.07) is 12.2. The molecule has 0 aliphatic carbocycles. The molecule has 0 amide bonds. The number of hydrogen-bond donors (Lipinski definition) is 2. The number of hydrogen-bond acceptors (Lipinski definition) is 4. The summed E-state index contributed by atoms with van der Waals surface area (Å²) in [7, 11) is -0.922. The van der Waals surface area contributed by atoms with E-state index in [1.54, 1.807) is 42.6 Å². The largest absolute Gasteiger partial charge is 0.379 e. The predicted molar refractivity (Wildman–Crippen MR) is 91.6 cm³/mol. The lowest BCUT2D eigenvalue weighted by Gasteiger charge is -2.14. The summed E-state index contributed by atoms with van der Waals surface area (Å²) in [4.78, 5) is 15.9. The van der Waals surface area contributed by atoms with Gasteiger partial charge in [-0.15, -0.1) is 10.9 Å². The van der Waals surface area contributed by atoms with Gasteiger partial charge in [0.1, 0.15) is 5.17 Å². The second kappa shape index (κ2) is 5.82. The maximum atomic E-state index is 11.4. The summed E-state index contributed by atoms with van der Waals surface area (Å²) >= 11 is 6.16. The highest BCUT2D eigenvalue weighted by molar-refractivity contribution is 8.32. The molecule has 2 aromatic carbocycles. The first-order valence-electron chi connectivity index (χ1n) is 6.40. The van der Waals surface area contributed by atoms with Crippen molar-refractivity contribution in [3.8, 4) is 11.1 Å². The third-order valence-corrected chi connectivity index (χ3v) is 5.49. The van der Waals surface area contributed by atoms with Crippen LogP contribution in [0.25, 0.3) is 11.1 Å². The smallest absolute Gasteiger partial charge is 0.278 e. The van der Waals surface area contributed by atoms with Crippen molar-refractivity contribution in [3.05, 3.63) is 69.2 Å². The summed E-state index contributed by atoms with van der Waals surface area (Å²) in [6.07, 6.45) is 1.63. The van der Waals surface area contributed by atoms with Crippen LogP contribution >= 0.6 is 22.5 Å². The van der Waals surface area contributed by atoms with Gasteiger partial charge < -0.3 is 5.73 Å². The average Bonchev–Trinajstić information content (AvgIpc) is 2.93. The number of aliphatic imine (C=N–C) groups is 1. The molecule has 0 radical (unpaired) electrons. The van der Waals surface area contributed by atoms with E-state index in [0.717, 1.165) is 4.90 Å². The van der Waals surface area contributed by atoms with Gasteiger partial charge in [-0.2, -0.15) is 0 Å². The van der Waals surface area contributed by atoms with Gasteiger partial charge in [0.25, 0.3) is 5.69 Å². The fourth-order valence-corrected chi connectivity index (χ4v) is 3.98. The number of thiol groups is 1. The van der Waals surface area contributed by atoms with Gasteiger partial charge in [-0.25, -0.2) is 4.99 Å². The molecule has 0 aromatic heterocycles. The fraction of sp³-hybridized carbons (Fsp3) is 0. The van der Waals surface area contributed by atoms with E-state index in [2.05, 4.69) is 4.99 Å². The monoisotopic (exact) mass is 333 g/mol. The van der Waals surface area contributed by atoms with Crippen LogP contribution in [0.15, 0.2) is 64.0 Å². The van der Waals surface area contributed by atoms with Crippen LogP contribution < -0.4 is 5.73 Å². The van der Waals surface area contributed by atoms with E-state index in [4.69, 9.17) is 17.3 Å². The minimum Gasteiger partial charge on any atom is -0.379 e. The zero-order valence-electron chi connectivity index (χ0n) is 11.3. The second-order valence-corrected chi connectivity index (χ2v) is 7.01. The Bertz CT molecular complexity index is 820. The van der Waals surface area contributed by atoms with E-state index >= 15 is 0 Å². The Morgan fingerprint density at radius 1 is 1.18 bits per heavy atom. The van der Waals surface area contributed by atoms with Crippen LogP contribution in [0.2, 0.25) is 5.02 Å². The standard InChI is InChI=1S/C15H12ClN3O2S/c16-13-4-2-1-3-11(13)12-6-5-10(9-14(12)19(20)21)22-8-7-18-15(22)17/h1-9,22H,(H2,17,18). The van der Waals surface area contributed by atoms with Crippen LogP contribution in [0.3, 0.4) is 0 Å². The summed E-state index contributed by atoms with van der Waals surface area (Å²) < 4.78 is 0. The lowest BCUT2D eigenvalue weighted by molar-refractivity contribution is -0.384. The molecule has 0 bridgehead atoms. The zero-order valence-corrected chi connectivity index (χ0v) is 13.0. The topological polar surface area (TPSA) is 81.5 Å². The minimum absolute atomic E-state index is 0.0150. The summed E-state index contributed by atoms with van der Waals surface area (Å²) in [5.41, 5.74) is 6.98. The highest BCUT2D eigenvalue weighted by atomic mass is 35.5. The molecule has 1 atom stereocenters. The van der Waals surface area contributed by atoms with Gasteiger partial charge >= 0.3 is 0 Å². The molecule has 22 heavy (non-hydrogen) atoms. The van der Waals surface area contributed by atoms with Gasteiger partial charge in [0.15, 0.2) is 0 Å². The van der Waals surface area contributed by atoms with Crippen LogP contribution in [0.4, 0.5) is 5.69 Å². The number of nitrogens with two attached hydrogens (primary N) is 1. The normalized spacial score (nSPS) is 18.2. The first kappa shape index (κ1) is 14.6. The number of nitro benzene ring substituents is 1. The molecule has 1 aliphatic heterocycles. The van der Waals surface area contributed by atoms with Gasteiger partial charge in [0.2, 0.25) is 0 Å². The molecule has 2 N–H and O–H groups in total. The molecule has 1 heterocycles. The Kier molecular flexibility index (Phi) is 3.87. The number of nitro groups is 1. The molecule has 0 spiro atoms. The molecule has 0 saturated heterocycles. The maximum Gasteiger partial charge on any atom is 0.278 e. The summed E-state index contributed by atoms with van der Waals surface area (Å²) in [6.45, 7) is 0. The Labute approximate surface area is 134 Å². The third kappa shape index (κ3) is 2.58. The number of nitrogens with zero attached hydrogens (tertiary/aromatic N) is 2. The molecule has 5 nitrogen and oxygen atoms in total. The highest BCUT2D eigenvalue weighted by Crippen LogP contribution is 2.44. The lowest BCUT2D eigenvalue weighted by atomic mass is 10.0. The third-order valence-electron chi connectivity index (χ3n) is 3.29. The van der Waals surface area contributed by atoms with Crippen molar-refractivity contribution >= 4 is 33.4 Å². The second-order valence-electron chi connectivity index (χ2n) is 4.59. The van der Waals surface area contributed by atoms with Gasteiger partial charge in [0.05, 0.1) is 10.5 Å². The predicted octanol–water partition coefficient (Wildman–Crippen LogP) is 4.07. The van der Waals surface area contributed by atoms with Crippen molar-refractivity contribution in [2.75, 3.05) is 0 Å². The molecule has 3 rings (SSSR count). The zero-order chi connectivity index (χ0) is 15.7. The molecular weight excluding hydrogens is 322 g/mol. The SMILES string of the molecule is NC1=NC=C[SH]1c1ccc(-c2ccccc2Cl)c([N+](=O)[O-])c1. The van der Waals surface area contributed by atoms with Crippen molar-refractivity contribution in [3.63, 3.8) is 0 Å². The van der Waals surface area contributed by atoms with E-state index in [9.17, 15) is 10.1 Å². The van der Waals surface area contributed by atoms with Crippen LogP contribution in [-0.4, -0.2) is 10.1 Å². The molecule has 0 fully saturated rings. The van der Waals surface area contributed by atoms with Crippen LogP contribution in [0, 0.1) is 10.1 Å². The van der Waals surface area contributed by atoms with Crippen LogP contribution in [-0.2, 0) is 0 Å². The van der Waals surface area contributed by atoms with Crippen molar-refractivity contribution in [1.82, 2.24) is 0 Å². The first-order chi connectivity index (χ1) is 10.6. The minimum atomic E-state index is -0.922. The van der Waals surface area contributed by atoms with Crippen molar-refractivity contribution in [2.45, 2.75) is 4.90 Å². The van der Waals surface area contributed by atoms with Gasteiger partial charge in [0, 0.05) is 27.7 Å². The van der Waals surface area contributed by atoms with Gasteiger partial charge in [-0.1, -0.05) is 29.8 Å². The molecule has 1 unspecified atom stereocenters. The van der Waals surface area contributed by atoms with Gasteiger partial charge in [-0.3, -0.25) is 10.1 Å².